The van der Waals surface area contributed by atoms with Crippen molar-refractivity contribution in [1.82, 2.24) is 8.97 Å². The van der Waals surface area contributed by atoms with Gasteiger partial charge in [-0.25, -0.2) is 0 Å². The van der Waals surface area contributed by atoms with Gasteiger partial charge in [-0.05, 0) is 172 Å². The molecule has 0 amide bonds. The number of nitrogens with zero attached hydrogens (tertiary/aromatic N) is 4. The molecule has 99 heavy (non-hydrogen) atoms. The maximum atomic E-state index is 2.67. The van der Waals surface area contributed by atoms with E-state index in [0.29, 0.717) is 0 Å². The highest BCUT2D eigenvalue weighted by Crippen LogP contribution is 2.51. The summed E-state index contributed by atoms with van der Waals surface area (Å²) in [5.41, 5.74) is 27.5. The molecule has 2 aliphatic rings. The Morgan fingerprint density at radius 1 is 0.242 bits per heavy atom. The van der Waals surface area contributed by atoms with Gasteiger partial charge in [-0.2, -0.15) is 0 Å². The van der Waals surface area contributed by atoms with Crippen molar-refractivity contribution in [3.05, 3.63) is 345 Å². The van der Waals surface area contributed by atoms with Gasteiger partial charge in [0.05, 0.1) is 33.3 Å². The average molecular weight is 1260 g/mol. The van der Waals surface area contributed by atoms with Gasteiger partial charge in [0.2, 0.25) is 0 Å². The Morgan fingerprint density at radius 3 is 1.08 bits per heavy atom. The van der Waals surface area contributed by atoms with E-state index < -0.39 is 0 Å². The van der Waals surface area contributed by atoms with Crippen LogP contribution >= 0.6 is 0 Å². The number of anilines is 6. The van der Waals surface area contributed by atoms with Gasteiger partial charge in [-0.15, -0.1) is 0 Å². The van der Waals surface area contributed by atoms with Crippen molar-refractivity contribution >= 4 is 139 Å². The third kappa shape index (κ3) is 8.87. The molecule has 3 aromatic heterocycles. The highest BCUT2D eigenvalue weighted by Gasteiger charge is 2.45. The molecule has 0 saturated heterocycles. The number of rotatable bonds is 7. The predicted molar refractivity (Wildman–Crippen MR) is 423 cm³/mol. The fraction of sp³-hybridized carbons (Fsp3) is 0.0426. The van der Waals surface area contributed by atoms with E-state index in [1.807, 2.05) is 0 Å². The number of hydrogen-bond donors (Lipinski definition) is 0. The van der Waals surface area contributed by atoms with Gasteiger partial charge in [-0.1, -0.05) is 282 Å². The second-order valence-electron chi connectivity index (χ2n) is 28.0. The van der Waals surface area contributed by atoms with Crippen LogP contribution in [0.5, 0.6) is 0 Å². The van der Waals surface area contributed by atoms with Crippen molar-refractivity contribution in [2.75, 3.05) is 9.80 Å². The van der Waals surface area contributed by atoms with Crippen molar-refractivity contribution in [3.63, 3.8) is 0 Å². The Morgan fingerprint density at radius 2 is 0.616 bits per heavy atom. The fourth-order valence-electron chi connectivity index (χ4n) is 16.8. The fourth-order valence-corrected chi connectivity index (χ4v) is 16.8. The molecule has 0 saturated carbocycles. The number of para-hydroxylation sites is 4. The van der Waals surface area contributed by atoms with Gasteiger partial charge in [0.1, 0.15) is 0 Å². The molecule has 0 fully saturated rings. The maximum Gasteiger partial charge on any atom is 0.252 e. The molecule has 5 heteroatoms. The van der Waals surface area contributed by atoms with Gasteiger partial charge in [0.15, 0.2) is 0 Å². The lowest BCUT2D eigenvalue weighted by molar-refractivity contribution is 0.590. The summed E-state index contributed by atoms with van der Waals surface area (Å²) in [6.07, 6.45) is 0. The van der Waals surface area contributed by atoms with Crippen molar-refractivity contribution in [2.24, 2.45) is 0 Å². The summed E-state index contributed by atoms with van der Waals surface area (Å²) < 4.78 is 5.15. The third-order valence-corrected chi connectivity index (χ3v) is 21.3. The van der Waals surface area contributed by atoms with Crippen LogP contribution in [0.2, 0.25) is 0 Å². The summed E-state index contributed by atoms with van der Waals surface area (Å²) in [6, 6.07) is 128. The van der Waals surface area contributed by atoms with Crippen LogP contribution in [0.4, 0.5) is 34.1 Å². The zero-order valence-corrected chi connectivity index (χ0v) is 55.2. The number of hydrogen-bond acceptors (Lipinski definition) is 2. The SMILES string of the molecule is CC(C)(C)c1ccc2c(c1)N(c1cc(-c3ccccc3)cc(-c3ccccc3)c1)c1cc(-n3c4ccccc4c4ccccc43)cc3c1B2c1cc2c4ccccc4c4ccccc4c4cccc5c6ccccc6n(c2cc1N3c1cc(-c2ccccc2)cc(-c2ccccc2)c1)c45. The Kier molecular flexibility index (Phi) is 12.7. The van der Waals surface area contributed by atoms with Crippen LogP contribution in [-0.4, -0.2) is 15.7 Å². The molecular formula is C94H65BN4. The van der Waals surface area contributed by atoms with E-state index in [1.165, 1.54) is 81.3 Å². The lowest BCUT2D eigenvalue weighted by Crippen LogP contribution is -2.61. The molecule has 0 radical (unpaired) electrons. The maximum absolute atomic E-state index is 2.67. The summed E-state index contributed by atoms with van der Waals surface area (Å²) in [5.74, 6) is 0. The van der Waals surface area contributed by atoms with E-state index in [9.17, 15) is 0 Å². The summed E-state index contributed by atoms with van der Waals surface area (Å²) in [6.45, 7) is 6.82. The molecule has 18 aromatic rings. The third-order valence-electron chi connectivity index (χ3n) is 21.3. The molecule has 0 bridgehead atoms. The first-order chi connectivity index (χ1) is 48.8. The molecule has 15 aromatic carbocycles. The second-order valence-corrected chi connectivity index (χ2v) is 28.0. The van der Waals surface area contributed by atoms with E-state index in [4.69, 9.17) is 0 Å². The zero-order chi connectivity index (χ0) is 65.6. The molecule has 0 spiro atoms. The topological polar surface area (TPSA) is 15.8 Å². The average Bonchev–Trinajstić information content (AvgIpc) is 1.61. The lowest BCUT2D eigenvalue weighted by atomic mass is 9.33. The molecule has 4 nitrogen and oxygen atoms in total. The molecule has 0 unspecified atom stereocenters. The van der Waals surface area contributed by atoms with Crippen LogP contribution in [0, 0.1) is 0 Å². The molecule has 20 rings (SSSR count). The first-order valence-corrected chi connectivity index (χ1v) is 34.6. The molecule has 2 aliphatic heterocycles. The molecule has 0 N–H and O–H groups in total. The zero-order valence-electron chi connectivity index (χ0n) is 55.2. The summed E-state index contributed by atoms with van der Waals surface area (Å²) in [5, 5.41) is 12.1. The van der Waals surface area contributed by atoms with E-state index in [-0.39, 0.29) is 12.1 Å². The van der Waals surface area contributed by atoms with Gasteiger partial charge < -0.3 is 18.8 Å². The van der Waals surface area contributed by atoms with Crippen LogP contribution in [0.15, 0.2) is 340 Å². The van der Waals surface area contributed by atoms with Crippen molar-refractivity contribution in [1.29, 1.82) is 0 Å². The second kappa shape index (κ2) is 22.1. The van der Waals surface area contributed by atoms with E-state index in [1.54, 1.807) is 0 Å². The highest BCUT2D eigenvalue weighted by atomic mass is 15.2. The Balaban J connectivity index is 1.01. The quantitative estimate of drug-likeness (QED) is 0.148. The first-order valence-electron chi connectivity index (χ1n) is 34.6. The van der Waals surface area contributed by atoms with Crippen molar-refractivity contribution in [3.8, 4) is 50.2 Å². The van der Waals surface area contributed by atoms with Crippen molar-refractivity contribution < 1.29 is 0 Å². The van der Waals surface area contributed by atoms with Crippen LogP contribution < -0.4 is 26.2 Å². The standard InChI is InChI=1S/C94H65BN4/c1-94(2,3)68-47-48-82-88(55-68)97(69-51-64(60-27-8-4-9-28-60)49-65(52-69)61-29-10-5-11-30-61)90-56-71(96-84-44-23-20-39-76(84)77-40-21-24-45-85(77)96)57-91-92(90)95(82)83-58-81-75-38-19-17-36-73(75)72-35-16-18-37-74(72)79-42-26-43-80-78-41-22-25-46-86(78)99(93(79)80)87(81)59-89(83)98(91)70-53-66(62-31-12-6-13-32-62)50-67(54-70)63-33-14-7-15-34-63/h4-59H,1-3H3. The summed E-state index contributed by atoms with van der Waals surface area (Å²) in [4.78, 5) is 5.32. The number of fused-ring (bicyclic) bond motifs is 17. The van der Waals surface area contributed by atoms with Gasteiger partial charge >= 0.3 is 0 Å². The van der Waals surface area contributed by atoms with E-state index >= 15 is 0 Å². The van der Waals surface area contributed by atoms with E-state index in [0.717, 1.165) is 106 Å². The predicted octanol–water partition coefficient (Wildman–Crippen LogP) is 23.4. The van der Waals surface area contributed by atoms with Crippen LogP contribution in [0.1, 0.15) is 26.3 Å². The van der Waals surface area contributed by atoms with Gasteiger partial charge in [0, 0.05) is 66.4 Å². The minimum atomic E-state index is -0.253. The number of aromatic nitrogens is 2. The highest BCUT2D eigenvalue weighted by molar-refractivity contribution is 7.00. The normalized spacial score (nSPS) is 12.7. The van der Waals surface area contributed by atoms with Gasteiger partial charge in [-0.3, -0.25) is 0 Å². The molecular weight excluding hydrogens is 1200 g/mol. The lowest BCUT2D eigenvalue weighted by Gasteiger charge is -2.45. The van der Waals surface area contributed by atoms with Crippen LogP contribution in [0.3, 0.4) is 0 Å². The Labute approximate surface area is 575 Å². The largest absolute Gasteiger partial charge is 0.311 e. The van der Waals surface area contributed by atoms with E-state index in [2.05, 4.69) is 379 Å². The molecule has 5 heterocycles. The van der Waals surface area contributed by atoms with Crippen molar-refractivity contribution in [2.45, 2.75) is 26.2 Å². The monoisotopic (exact) mass is 1260 g/mol. The molecule has 464 valence electrons. The minimum Gasteiger partial charge on any atom is -0.311 e. The molecule has 0 aliphatic carbocycles. The summed E-state index contributed by atoms with van der Waals surface area (Å²) >= 11 is 0. The first kappa shape index (κ1) is 56.9. The summed E-state index contributed by atoms with van der Waals surface area (Å²) in [7, 11) is 0. The van der Waals surface area contributed by atoms with Crippen LogP contribution in [-0.2, 0) is 5.41 Å². The van der Waals surface area contributed by atoms with Gasteiger partial charge in [0.25, 0.3) is 6.71 Å². The number of benzene rings is 15. The smallest absolute Gasteiger partial charge is 0.252 e. The Hall–Kier alpha value is -12.4. The molecule has 0 atom stereocenters. The van der Waals surface area contributed by atoms with Crippen LogP contribution in [0.25, 0.3) is 132 Å². The minimum absolute atomic E-state index is 0.185. The Bertz CT molecular complexity index is 6230.